The van der Waals surface area contributed by atoms with E-state index in [1.165, 1.54) is 34.0 Å². The van der Waals surface area contributed by atoms with Gasteiger partial charge in [0.05, 0.1) is 12.1 Å². The van der Waals surface area contributed by atoms with E-state index in [1.54, 1.807) is 0 Å². The molecule has 29 heavy (non-hydrogen) atoms. The molecule has 5 heteroatoms. The Balaban J connectivity index is 1.29. The Morgan fingerprint density at radius 1 is 1.07 bits per heavy atom. The van der Waals surface area contributed by atoms with Gasteiger partial charge in [-0.2, -0.15) is 0 Å². The molecule has 2 aliphatic heterocycles. The highest BCUT2D eigenvalue weighted by Crippen LogP contribution is 2.33. The van der Waals surface area contributed by atoms with Gasteiger partial charge in [-0.3, -0.25) is 4.90 Å². The quantitative estimate of drug-likeness (QED) is 0.727. The Hall–Kier alpha value is -2.37. The monoisotopic (exact) mass is 390 g/mol. The Morgan fingerprint density at radius 3 is 2.72 bits per heavy atom. The molecule has 1 aromatic carbocycles. The van der Waals surface area contributed by atoms with Gasteiger partial charge < -0.3 is 14.6 Å². The average molecular weight is 391 g/mol. The van der Waals surface area contributed by atoms with Crippen molar-refractivity contribution in [2.45, 2.75) is 39.3 Å². The number of hydrogen-bond acceptors (Lipinski definition) is 4. The van der Waals surface area contributed by atoms with Crippen LogP contribution < -0.4 is 4.90 Å². The molecule has 1 saturated heterocycles. The van der Waals surface area contributed by atoms with Gasteiger partial charge in [-0.25, -0.2) is 4.98 Å². The highest BCUT2D eigenvalue weighted by Gasteiger charge is 2.23. The van der Waals surface area contributed by atoms with E-state index in [2.05, 4.69) is 56.6 Å². The molecule has 1 N–H and O–H groups in total. The van der Waals surface area contributed by atoms with E-state index in [-0.39, 0.29) is 6.61 Å². The van der Waals surface area contributed by atoms with E-state index in [4.69, 9.17) is 0 Å². The Kier molecular flexibility index (Phi) is 5.02. The Labute approximate surface area is 172 Å². The van der Waals surface area contributed by atoms with Gasteiger partial charge in [0.2, 0.25) is 0 Å². The minimum atomic E-state index is 0.135. The number of rotatable bonds is 5. The topological polar surface area (TPSA) is 44.5 Å². The van der Waals surface area contributed by atoms with Crippen molar-refractivity contribution in [1.82, 2.24) is 14.5 Å². The number of pyridine rings is 1. The van der Waals surface area contributed by atoms with E-state index < -0.39 is 0 Å². The van der Waals surface area contributed by atoms with Crippen LogP contribution in [-0.2, 0) is 26.0 Å². The number of aliphatic hydroxyl groups excluding tert-OH is 1. The zero-order chi connectivity index (χ0) is 19.8. The number of nitrogens with zero attached hydrogens (tertiary/aromatic N) is 4. The van der Waals surface area contributed by atoms with Gasteiger partial charge in [0.1, 0.15) is 5.82 Å². The van der Waals surface area contributed by atoms with Gasteiger partial charge in [0.25, 0.3) is 0 Å². The number of aliphatic hydroxyl groups is 1. The number of piperazine rings is 1. The molecule has 0 spiro atoms. The van der Waals surface area contributed by atoms with E-state index >= 15 is 0 Å². The fraction of sp³-hybridized carbons (Fsp3) is 0.458. The first kappa shape index (κ1) is 18.6. The molecule has 2 aliphatic rings. The van der Waals surface area contributed by atoms with E-state index in [9.17, 15) is 5.11 Å². The summed E-state index contributed by atoms with van der Waals surface area (Å²) in [5, 5.41) is 11.5. The summed E-state index contributed by atoms with van der Waals surface area (Å²) in [6, 6.07) is 10.9. The molecule has 4 heterocycles. The summed E-state index contributed by atoms with van der Waals surface area (Å²) in [7, 11) is 0. The van der Waals surface area contributed by atoms with Gasteiger partial charge in [0, 0.05) is 56.5 Å². The molecule has 152 valence electrons. The second-order valence-corrected chi connectivity index (χ2v) is 8.42. The van der Waals surface area contributed by atoms with Gasteiger partial charge in [0.15, 0.2) is 0 Å². The number of aromatic nitrogens is 2. The molecule has 5 rings (SSSR count). The molecule has 0 atom stereocenters. The molecule has 5 nitrogen and oxygen atoms in total. The number of aryl methyl sites for hydroxylation is 3. The first-order valence-corrected chi connectivity index (χ1v) is 10.9. The van der Waals surface area contributed by atoms with Gasteiger partial charge in [-0.15, -0.1) is 0 Å². The summed E-state index contributed by atoms with van der Waals surface area (Å²) in [6.07, 6.45) is 5.23. The van der Waals surface area contributed by atoms with Crippen LogP contribution in [0.15, 0.2) is 36.5 Å². The molecular weight excluding hydrogens is 360 g/mol. The van der Waals surface area contributed by atoms with Crippen LogP contribution >= 0.6 is 0 Å². The maximum Gasteiger partial charge on any atom is 0.128 e. The summed E-state index contributed by atoms with van der Waals surface area (Å²) in [5.74, 6) is 1.10. The number of para-hydroxylation sites is 1. The fourth-order valence-electron chi connectivity index (χ4n) is 5.11. The first-order valence-electron chi connectivity index (χ1n) is 10.9. The zero-order valence-corrected chi connectivity index (χ0v) is 17.3. The highest BCUT2D eigenvalue weighted by molar-refractivity contribution is 5.88. The maximum atomic E-state index is 10.1. The van der Waals surface area contributed by atoms with Crippen molar-refractivity contribution in [3.05, 3.63) is 58.9 Å². The maximum absolute atomic E-state index is 10.1. The lowest BCUT2D eigenvalue weighted by atomic mass is 10.0. The van der Waals surface area contributed by atoms with Crippen LogP contribution in [-0.4, -0.2) is 52.3 Å². The first-order chi connectivity index (χ1) is 14.2. The average Bonchev–Trinajstić information content (AvgIpc) is 3.07. The van der Waals surface area contributed by atoms with Crippen LogP contribution in [0.5, 0.6) is 0 Å². The summed E-state index contributed by atoms with van der Waals surface area (Å²) in [4.78, 5) is 9.49. The molecule has 1 fully saturated rings. The lowest BCUT2D eigenvalue weighted by Gasteiger charge is -2.35. The second kappa shape index (κ2) is 7.81. The molecule has 3 aromatic rings. The molecule has 0 radical (unpaired) electrons. The standard InChI is InChI=1S/C24H30N4O/c1-18-7-9-25-23(16-18)27-14-12-26(13-15-27)11-8-20-21-6-2-4-19-5-3-10-28(24(19)21)22(20)17-29/h2,4,6-7,9,16,29H,3,5,8,10-15,17H2,1H3. The molecule has 0 unspecified atom stereocenters. The minimum Gasteiger partial charge on any atom is -0.390 e. The van der Waals surface area contributed by atoms with Crippen molar-refractivity contribution in [1.29, 1.82) is 0 Å². The molecule has 0 saturated carbocycles. The second-order valence-electron chi connectivity index (χ2n) is 8.42. The van der Waals surface area contributed by atoms with Crippen molar-refractivity contribution in [2.75, 3.05) is 37.6 Å². The van der Waals surface area contributed by atoms with E-state index in [0.29, 0.717) is 0 Å². The normalized spacial score (nSPS) is 17.2. The molecule has 2 aromatic heterocycles. The Morgan fingerprint density at radius 2 is 1.93 bits per heavy atom. The van der Waals surface area contributed by atoms with Crippen molar-refractivity contribution in [3.63, 3.8) is 0 Å². The van der Waals surface area contributed by atoms with Crippen LogP contribution in [0.25, 0.3) is 10.9 Å². The van der Waals surface area contributed by atoms with Crippen LogP contribution in [0.1, 0.15) is 28.8 Å². The van der Waals surface area contributed by atoms with Crippen molar-refractivity contribution < 1.29 is 5.11 Å². The smallest absolute Gasteiger partial charge is 0.128 e. The molecule has 0 bridgehead atoms. The summed E-state index contributed by atoms with van der Waals surface area (Å²) in [5.41, 5.74) is 6.56. The van der Waals surface area contributed by atoms with E-state index in [1.807, 2.05) is 6.20 Å². The molecular formula is C24H30N4O. The summed E-state index contributed by atoms with van der Waals surface area (Å²) < 4.78 is 2.38. The number of anilines is 1. The third-order valence-corrected chi connectivity index (χ3v) is 6.64. The predicted molar refractivity (Wildman–Crippen MR) is 118 cm³/mol. The van der Waals surface area contributed by atoms with Crippen LogP contribution in [0.4, 0.5) is 5.82 Å². The van der Waals surface area contributed by atoms with Crippen LogP contribution in [0.2, 0.25) is 0 Å². The fourth-order valence-corrected chi connectivity index (χ4v) is 5.11. The van der Waals surface area contributed by atoms with E-state index in [0.717, 1.165) is 63.6 Å². The third kappa shape index (κ3) is 3.43. The lowest BCUT2D eigenvalue weighted by Crippen LogP contribution is -2.47. The van der Waals surface area contributed by atoms with Crippen molar-refractivity contribution in [3.8, 4) is 0 Å². The summed E-state index contributed by atoms with van der Waals surface area (Å²) in [6.45, 7) is 8.51. The minimum absolute atomic E-state index is 0.135. The number of hydrogen-bond donors (Lipinski definition) is 1. The largest absolute Gasteiger partial charge is 0.390 e. The van der Waals surface area contributed by atoms with Crippen LogP contribution in [0, 0.1) is 6.92 Å². The third-order valence-electron chi connectivity index (χ3n) is 6.64. The van der Waals surface area contributed by atoms with Gasteiger partial charge in [-0.1, -0.05) is 18.2 Å². The SMILES string of the molecule is Cc1ccnc(N2CCN(CCc3c(CO)n4c5c(cccc35)CCC4)CC2)c1. The van der Waals surface area contributed by atoms with Gasteiger partial charge in [-0.05, 0) is 55.0 Å². The lowest BCUT2D eigenvalue weighted by molar-refractivity contribution is 0.255. The highest BCUT2D eigenvalue weighted by atomic mass is 16.3. The summed E-state index contributed by atoms with van der Waals surface area (Å²) >= 11 is 0. The van der Waals surface area contributed by atoms with Crippen molar-refractivity contribution >= 4 is 16.7 Å². The van der Waals surface area contributed by atoms with Crippen molar-refractivity contribution in [2.24, 2.45) is 0 Å². The Bertz CT molecular complexity index is 1020. The zero-order valence-electron chi connectivity index (χ0n) is 17.3. The molecule has 0 amide bonds. The number of benzene rings is 1. The van der Waals surface area contributed by atoms with Gasteiger partial charge >= 0.3 is 0 Å². The van der Waals surface area contributed by atoms with Crippen LogP contribution in [0.3, 0.4) is 0 Å². The molecule has 0 aliphatic carbocycles. The predicted octanol–water partition coefficient (Wildman–Crippen LogP) is 3.15.